The van der Waals surface area contributed by atoms with Crippen LogP contribution in [0.15, 0.2) is 40.0 Å². The van der Waals surface area contributed by atoms with Gasteiger partial charge in [-0.1, -0.05) is 18.2 Å². The standard InChI is InChI=1S/C18H18N2O3S2/c1-10-12(3)25-18-15(10)17(22)19-16(20-18)11(2)23-14(21)9-24-13-7-5-4-6-8-13/h4-8,11H,9H2,1-3H3,(H,19,20,22)/t11-/m1/s1. The van der Waals surface area contributed by atoms with Crippen LogP contribution in [0, 0.1) is 13.8 Å². The summed E-state index contributed by atoms with van der Waals surface area (Å²) in [7, 11) is 0. The molecule has 0 aliphatic rings. The van der Waals surface area contributed by atoms with Gasteiger partial charge in [-0.2, -0.15) is 0 Å². The van der Waals surface area contributed by atoms with Crippen molar-refractivity contribution in [1.82, 2.24) is 9.97 Å². The van der Waals surface area contributed by atoms with Gasteiger partial charge >= 0.3 is 5.97 Å². The second kappa shape index (κ2) is 7.41. The number of rotatable bonds is 5. The van der Waals surface area contributed by atoms with E-state index in [1.165, 1.54) is 23.1 Å². The quantitative estimate of drug-likeness (QED) is 0.540. The first-order chi connectivity index (χ1) is 12.0. The van der Waals surface area contributed by atoms with E-state index in [1.54, 1.807) is 6.92 Å². The van der Waals surface area contributed by atoms with Crippen LogP contribution in [-0.4, -0.2) is 21.7 Å². The molecular weight excluding hydrogens is 356 g/mol. The normalized spacial score (nSPS) is 12.3. The maximum absolute atomic E-state index is 12.3. The van der Waals surface area contributed by atoms with Crippen molar-refractivity contribution in [3.05, 3.63) is 57.0 Å². The number of H-pyrrole nitrogens is 1. The number of hydrogen-bond donors (Lipinski definition) is 1. The monoisotopic (exact) mass is 374 g/mol. The van der Waals surface area contributed by atoms with Crippen molar-refractivity contribution in [3.63, 3.8) is 0 Å². The van der Waals surface area contributed by atoms with E-state index in [0.717, 1.165) is 15.3 Å². The molecule has 130 valence electrons. The Morgan fingerprint density at radius 1 is 1.32 bits per heavy atom. The fraction of sp³-hybridized carbons (Fsp3) is 0.278. The van der Waals surface area contributed by atoms with E-state index < -0.39 is 6.10 Å². The van der Waals surface area contributed by atoms with Gasteiger partial charge in [0.1, 0.15) is 4.83 Å². The zero-order valence-corrected chi connectivity index (χ0v) is 15.8. The first-order valence-corrected chi connectivity index (χ1v) is 9.63. The summed E-state index contributed by atoms with van der Waals surface area (Å²) in [6.45, 7) is 5.59. The Kier molecular flexibility index (Phi) is 5.24. The number of thiophene rings is 1. The van der Waals surface area contributed by atoms with Gasteiger partial charge in [-0.3, -0.25) is 9.59 Å². The highest BCUT2D eigenvalue weighted by atomic mass is 32.2. The number of carbonyl (C=O) groups is 1. The van der Waals surface area contributed by atoms with Crippen LogP contribution in [0.25, 0.3) is 10.2 Å². The Labute approximate surface area is 153 Å². The fourth-order valence-electron chi connectivity index (χ4n) is 2.41. The summed E-state index contributed by atoms with van der Waals surface area (Å²) in [6, 6.07) is 9.65. The van der Waals surface area contributed by atoms with Crippen LogP contribution >= 0.6 is 23.1 Å². The predicted molar refractivity (Wildman–Crippen MR) is 101 cm³/mol. The molecule has 7 heteroatoms. The molecular formula is C18H18N2O3S2. The molecule has 0 saturated heterocycles. The number of fused-ring (bicyclic) bond motifs is 1. The molecule has 2 heterocycles. The number of aromatic amines is 1. The number of benzene rings is 1. The van der Waals surface area contributed by atoms with Gasteiger partial charge in [0.05, 0.1) is 11.1 Å². The summed E-state index contributed by atoms with van der Waals surface area (Å²) in [6.07, 6.45) is -0.608. The van der Waals surface area contributed by atoms with Gasteiger partial charge in [0.25, 0.3) is 5.56 Å². The summed E-state index contributed by atoms with van der Waals surface area (Å²) in [5.74, 6) is 0.234. The zero-order chi connectivity index (χ0) is 18.0. The molecule has 0 spiro atoms. The first-order valence-electron chi connectivity index (χ1n) is 7.83. The molecule has 0 amide bonds. The van der Waals surface area contributed by atoms with Gasteiger partial charge in [0, 0.05) is 9.77 Å². The molecule has 3 aromatic rings. The number of thioether (sulfide) groups is 1. The highest BCUT2D eigenvalue weighted by molar-refractivity contribution is 8.00. The lowest BCUT2D eigenvalue weighted by Gasteiger charge is -2.12. The summed E-state index contributed by atoms with van der Waals surface area (Å²) >= 11 is 2.89. The van der Waals surface area contributed by atoms with Crippen LogP contribution in [0.4, 0.5) is 0 Å². The second-order valence-electron chi connectivity index (χ2n) is 5.65. The van der Waals surface area contributed by atoms with E-state index in [0.29, 0.717) is 16.0 Å². The van der Waals surface area contributed by atoms with Crippen molar-refractivity contribution >= 4 is 39.3 Å². The number of hydrogen-bond acceptors (Lipinski definition) is 6. The smallest absolute Gasteiger partial charge is 0.316 e. The minimum atomic E-state index is -0.608. The lowest BCUT2D eigenvalue weighted by Crippen LogP contribution is -2.18. The topological polar surface area (TPSA) is 72.0 Å². The van der Waals surface area contributed by atoms with E-state index in [9.17, 15) is 9.59 Å². The number of ether oxygens (including phenoxy) is 1. The molecule has 0 bridgehead atoms. The van der Waals surface area contributed by atoms with Gasteiger partial charge in [0.2, 0.25) is 0 Å². The Balaban J connectivity index is 1.70. The third-order valence-corrected chi connectivity index (χ3v) is 5.94. The molecule has 3 rings (SSSR count). The van der Waals surface area contributed by atoms with Crippen molar-refractivity contribution in [2.24, 2.45) is 0 Å². The van der Waals surface area contributed by atoms with Gasteiger partial charge in [0.15, 0.2) is 11.9 Å². The molecule has 1 N–H and O–H groups in total. The lowest BCUT2D eigenvalue weighted by atomic mass is 10.2. The molecule has 0 radical (unpaired) electrons. The zero-order valence-electron chi connectivity index (χ0n) is 14.2. The number of carbonyl (C=O) groups excluding carboxylic acids is 1. The SMILES string of the molecule is Cc1sc2nc([C@@H](C)OC(=O)CSc3ccccc3)[nH]c(=O)c2c1C. The van der Waals surface area contributed by atoms with Crippen LogP contribution < -0.4 is 5.56 Å². The Morgan fingerprint density at radius 2 is 2.04 bits per heavy atom. The summed E-state index contributed by atoms with van der Waals surface area (Å²) < 4.78 is 5.41. The Morgan fingerprint density at radius 3 is 2.76 bits per heavy atom. The third-order valence-electron chi connectivity index (χ3n) is 3.85. The maximum Gasteiger partial charge on any atom is 0.316 e. The molecule has 1 aromatic carbocycles. The van der Waals surface area contributed by atoms with Crippen molar-refractivity contribution in [3.8, 4) is 0 Å². The van der Waals surface area contributed by atoms with Crippen LogP contribution in [-0.2, 0) is 9.53 Å². The van der Waals surface area contributed by atoms with E-state index in [-0.39, 0.29) is 17.3 Å². The number of nitrogens with one attached hydrogen (secondary N) is 1. The van der Waals surface area contributed by atoms with Crippen molar-refractivity contribution in [2.45, 2.75) is 31.8 Å². The van der Waals surface area contributed by atoms with E-state index >= 15 is 0 Å². The highest BCUT2D eigenvalue weighted by Gasteiger charge is 2.18. The summed E-state index contributed by atoms with van der Waals surface area (Å²) in [4.78, 5) is 34.3. The maximum atomic E-state index is 12.3. The Hall–Kier alpha value is -2.12. The summed E-state index contributed by atoms with van der Waals surface area (Å²) in [5.41, 5.74) is 0.757. The van der Waals surface area contributed by atoms with Crippen LogP contribution in [0.5, 0.6) is 0 Å². The van der Waals surface area contributed by atoms with Crippen molar-refractivity contribution < 1.29 is 9.53 Å². The van der Waals surface area contributed by atoms with Gasteiger partial charge in [-0.15, -0.1) is 23.1 Å². The second-order valence-corrected chi connectivity index (χ2v) is 7.90. The molecule has 1 atom stereocenters. The molecule has 2 aromatic heterocycles. The van der Waals surface area contributed by atoms with Crippen LogP contribution in [0.3, 0.4) is 0 Å². The molecule has 0 saturated carbocycles. The fourth-order valence-corrected chi connectivity index (χ4v) is 4.15. The van der Waals surface area contributed by atoms with Crippen LogP contribution in [0.1, 0.15) is 29.3 Å². The van der Waals surface area contributed by atoms with Gasteiger partial charge < -0.3 is 9.72 Å². The average Bonchev–Trinajstić information content (AvgIpc) is 2.88. The molecule has 0 aliphatic carbocycles. The van der Waals surface area contributed by atoms with E-state index in [4.69, 9.17) is 4.74 Å². The number of esters is 1. The molecule has 0 aliphatic heterocycles. The first kappa shape index (κ1) is 17.7. The largest absolute Gasteiger partial charge is 0.454 e. The van der Waals surface area contributed by atoms with Crippen LogP contribution in [0.2, 0.25) is 0 Å². The third kappa shape index (κ3) is 3.93. The molecule has 25 heavy (non-hydrogen) atoms. The molecule has 5 nitrogen and oxygen atoms in total. The number of aryl methyl sites for hydroxylation is 2. The highest BCUT2D eigenvalue weighted by Crippen LogP contribution is 2.27. The Bertz CT molecular complexity index is 964. The summed E-state index contributed by atoms with van der Waals surface area (Å²) in [5, 5.41) is 0.615. The minimum absolute atomic E-state index is 0.191. The number of nitrogens with zero attached hydrogens (tertiary/aromatic N) is 1. The van der Waals surface area contributed by atoms with Crippen molar-refractivity contribution in [1.29, 1.82) is 0 Å². The van der Waals surface area contributed by atoms with Crippen molar-refractivity contribution in [2.75, 3.05) is 5.75 Å². The van der Waals surface area contributed by atoms with E-state index in [1.807, 2.05) is 44.2 Å². The minimum Gasteiger partial charge on any atom is -0.454 e. The van der Waals surface area contributed by atoms with Gasteiger partial charge in [-0.25, -0.2) is 4.98 Å². The number of aromatic nitrogens is 2. The van der Waals surface area contributed by atoms with E-state index in [2.05, 4.69) is 9.97 Å². The molecule has 0 unspecified atom stereocenters. The molecule has 0 fully saturated rings. The van der Waals surface area contributed by atoms with Gasteiger partial charge in [-0.05, 0) is 38.5 Å². The average molecular weight is 374 g/mol. The lowest BCUT2D eigenvalue weighted by molar-refractivity contribution is -0.145. The predicted octanol–water partition coefficient (Wildman–Crippen LogP) is 4.00.